The second-order valence-corrected chi connectivity index (χ2v) is 4.31. The first kappa shape index (κ1) is 13.6. The summed E-state index contributed by atoms with van der Waals surface area (Å²) >= 11 is 0. The minimum Gasteiger partial charge on any atom is -0.369 e. The molecule has 3 nitrogen and oxygen atoms in total. The zero-order valence-corrected chi connectivity index (χ0v) is 10.4. The van der Waals surface area contributed by atoms with Crippen LogP contribution in [-0.2, 0) is 16.0 Å². The van der Waals surface area contributed by atoms with Crippen LogP contribution in [0.2, 0.25) is 0 Å². The smallest absolute Gasteiger partial charge is 0.251 e. The Hall–Kier alpha value is -1.42. The summed E-state index contributed by atoms with van der Waals surface area (Å²) in [5.41, 5.74) is -0.252. The van der Waals surface area contributed by atoms with E-state index in [1.807, 2.05) is 0 Å². The maximum Gasteiger partial charge on any atom is 0.251 e. The van der Waals surface area contributed by atoms with Crippen molar-refractivity contribution >= 4 is 5.91 Å². The Bertz CT molecular complexity index is 391. The molecule has 0 aliphatic carbocycles. The van der Waals surface area contributed by atoms with Gasteiger partial charge in [0.05, 0.1) is 0 Å². The van der Waals surface area contributed by atoms with Crippen molar-refractivity contribution in [2.45, 2.75) is 25.9 Å². The first-order valence-corrected chi connectivity index (χ1v) is 5.54. The second-order valence-electron chi connectivity index (χ2n) is 4.31. The molecule has 0 radical (unpaired) electrons. The van der Waals surface area contributed by atoms with Gasteiger partial charge in [-0.3, -0.25) is 4.79 Å². The third kappa shape index (κ3) is 3.82. The zero-order valence-electron chi connectivity index (χ0n) is 10.4. The molecule has 17 heavy (non-hydrogen) atoms. The summed E-state index contributed by atoms with van der Waals surface area (Å²) in [7, 11) is 1.48. The highest BCUT2D eigenvalue weighted by Crippen LogP contribution is 2.08. The Balaban J connectivity index is 2.44. The van der Waals surface area contributed by atoms with Crippen molar-refractivity contribution in [3.8, 4) is 0 Å². The molecule has 1 aromatic carbocycles. The van der Waals surface area contributed by atoms with Crippen LogP contribution < -0.4 is 5.32 Å². The molecule has 0 unspecified atom stereocenters. The van der Waals surface area contributed by atoms with Gasteiger partial charge in [-0.2, -0.15) is 0 Å². The van der Waals surface area contributed by atoms with Gasteiger partial charge in [0.1, 0.15) is 11.4 Å². The molecule has 0 fully saturated rings. The van der Waals surface area contributed by atoms with Gasteiger partial charge in [0.25, 0.3) is 5.91 Å². The van der Waals surface area contributed by atoms with E-state index in [2.05, 4.69) is 5.32 Å². The number of rotatable bonds is 5. The van der Waals surface area contributed by atoms with Crippen molar-refractivity contribution in [2.24, 2.45) is 0 Å². The van der Waals surface area contributed by atoms with E-state index in [4.69, 9.17) is 4.74 Å². The minimum absolute atomic E-state index is 0.198. The Morgan fingerprint density at radius 1 is 1.41 bits per heavy atom. The Morgan fingerprint density at radius 2 is 2.06 bits per heavy atom. The molecule has 0 aromatic heterocycles. The van der Waals surface area contributed by atoms with E-state index >= 15 is 0 Å². The summed E-state index contributed by atoms with van der Waals surface area (Å²) < 4.78 is 18.3. The van der Waals surface area contributed by atoms with Crippen LogP contribution in [0.5, 0.6) is 0 Å². The number of methoxy groups -OCH3 is 1. The normalized spacial score (nSPS) is 11.3. The van der Waals surface area contributed by atoms with Crippen molar-refractivity contribution in [1.82, 2.24) is 5.32 Å². The van der Waals surface area contributed by atoms with Gasteiger partial charge in [-0.25, -0.2) is 4.39 Å². The molecule has 0 bridgehead atoms. The topological polar surface area (TPSA) is 38.3 Å². The molecule has 0 heterocycles. The summed E-state index contributed by atoms with van der Waals surface area (Å²) in [6.07, 6.45) is 0.470. The molecular formula is C13H18FNO2. The molecule has 1 amide bonds. The highest BCUT2D eigenvalue weighted by molar-refractivity contribution is 5.84. The molecule has 0 aliphatic heterocycles. The first-order chi connectivity index (χ1) is 7.97. The molecule has 0 aliphatic rings. The van der Waals surface area contributed by atoms with Crippen LogP contribution in [0, 0.1) is 5.82 Å². The van der Waals surface area contributed by atoms with Gasteiger partial charge in [0.15, 0.2) is 0 Å². The second kappa shape index (κ2) is 5.77. The highest BCUT2D eigenvalue weighted by atomic mass is 19.1. The molecule has 94 valence electrons. The largest absolute Gasteiger partial charge is 0.369 e. The lowest BCUT2D eigenvalue weighted by Crippen LogP contribution is -2.44. The molecule has 0 spiro atoms. The Morgan fingerprint density at radius 3 is 2.65 bits per heavy atom. The molecule has 0 atom stereocenters. The number of carbonyl (C=O) groups is 1. The van der Waals surface area contributed by atoms with Crippen LogP contribution in [0.25, 0.3) is 0 Å². The lowest BCUT2D eigenvalue weighted by Gasteiger charge is -2.21. The van der Waals surface area contributed by atoms with Crippen LogP contribution in [0.3, 0.4) is 0 Å². The number of halogens is 1. The minimum atomic E-state index is -0.852. The van der Waals surface area contributed by atoms with Gasteiger partial charge in [-0.15, -0.1) is 0 Å². The molecule has 1 N–H and O–H groups in total. The molecule has 4 heteroatoms. The standard InChI is InChI=1S/C13H18FNO2/c1-13(2,17-3)12(16)15-9-8-10-6-4-5-7-11(10)14/h4-7H,8-9H2,1-3H3,(H,15,16). The highest BCUT2D eigenvalue weighted by Gasteiger charge is 2.26. The monoisotopic (exact) mass is 239 g/mol. The predicted molar refractivity (Wildman–Crippen MR) is 64.2 cm³/mol. The number of hydrogen-bond acceptors (Lipinski definition) is 2. The Labute approximate surface area is 101 Å². The number of carbonyl (C=O) groups excluding carboxylic acids is 1. The summed E-state index contributed by atoms with van der Waals surface area (Å²) in [5.74, 6) is -0.441. The van der Waals surface area contributed by atoms with E-state index in [1.165, 1.54) is 13.2 Å². The number of benzene rings is 1. The van der Waals surface area contributed by atoms with E-state index in [9.17, 15) is 9.18 Å². The molecule has 0 saturated carbocycles. The molecule has 1 rings (SSSR count). The zero-order chi connectivity index (χ0) is 12.9. The third-order valence-corrected chi connectivity index (χ3v) is 2.69. The first-order valence-electron chi connectivity index (χ1n) is 5.54. The Kier molecular flexibility index (Phi) is 4.63. The van der Waals surface area contributed by atoms with E-state index in [0.29, 0.717) is 18.5 Å². The summed E-state index contributed by atoms with van der Waals surface area (Å²) in [5, 5.41) is 2.72. The quantitative estimate of drug-likeness (QED) is 0.852. The fourth-order valence-electron chi connectivity index (χ4n) is 1.32. The average Bonchev–Trinajstić information content (AvgIpc) is 2.31. The van der Waals surface area contributed by atoms with Gasteiger partial charge in [-0.1, -0.05) is 18.2 Å². The van der Waals surface area contributed by atoms with Crippen molar-refractivity contribution in [3.05, 3.63) is 35.6 Å². The van der Waals surface area contributed by atoms with Gasteiger partial charge < -0.3 is 10.1 Å². The van der Waals surface area contributed by atoms with Crippen molar-refractivity contribution in [2.75, 3.05) is 13.7 Å². The van der Waals surface area contributed by atoms with E-state index in [1.54, 1.807) is 32.0 Å². The fourth-order valence-corrected chi connectivity index (χ4v) is 1.32. The fraction of sp³-hybridized carbons (Fsp3) is 0.462. The van der Waals surface area contributed by atoms with E-state index < -0.39 is 5.60 Å². The van der Waals surface area contributed by atoms with Crippen LogP contribution in [0.1, 0.15) is 19.4 Å². The third-order valence-electron chi connectivity index (χ3n) is 2.69. The summed E-state index contributed by atoms with van der Waals surface area (Å²) in [6.45, 7) is 3.77. The molecule has 1 aromatic rings. The van der Waals surface area contributed by atoms with E-state index in [-0.39, 0.29) is 11.7 Å². The predicted octanol–water partition coefficient (Wildman–Crippen LogP) is 1.91. The molecule has 0 saturated heterocycles. The van der Waals surface area contributed by atoms with Crippen molar-refractivity contribution in [3.63, 3.8) is 0 Å². The number of nitrogens with one attached hydrogen (secondary N) is 1. The van der Waals surface area contributed by atoms with E-state index in [0.717, 1.165) is 0 Å². The number of ether oxygens (including phenoxy) is 1. The number of hydrogen-bond donors (Lipinski definition) is 1. The van der Waals surface area contributed by atoms with Gasteiger partial charge in [0.2, 0.25) is 0 Å². The van der Waals surface area contributed by atoms with Crippen LogP contribution >= 0.6 is 0 Å². The molecular weight excluding hydrogens is 221 g/mol. The maximum atomic E-state index is 13.3. The summed E-state index contributed by atoms with van der Waals surface area (Å²) in [4.78, 5) is 11.6. The van der Waals surface area contributed by atoms with Gasteiger partial charge in [-0.05, 0) is 31.9 Å². The maximum absolute atomic E-state index is 13.3. The van der Waals surface area contributed by atoms with Crippen molar-refractivity contribution < 1.29 is 13.9 Å². The number of amides is 1. The van der Waals surface area contributed by atoms with Crippen LogP contribution in [0.4, 0.5) is 4.39 Å². The van der Waals surface area contributed by atoms with Crippen LogP contribution in [0.15, 0.2) is 24.3 Å². The summed E-state index contributed by atoms with van der Waals surface area (Å²) in [6, 6.07) is 6.55. The van der Waals surface area contributed by atoms with Crippen LogP contribution in [-0.4, -0.2) is 25.2 Å². The lowest BCUT2D eigenvalue weighted by atomic mass is 10.1. The van der Waals surface area contributed by atoms with Gasteiger partial charge in [0, 0.05) is 13.7 Å². The van der Waals surface area contributed by atoms with Gasteiger partial charge >= 0.3 is 0 Å². The SMILES string of the molecule is COC(C)(C)C(=O)NCCc1ccccc1F. The van der Waals surface area contributed by atoms with Crippen molar-refractivity contribution in [1.29, 1.82) is 0 Å². The lowest BCUT2D eigenvalue weighted by molar-refractivity contribution is -0.139. The average molecular weight is 239 g/mol.